The van der Waals surface area contributed by atoms with E-state index in [0.717, 1.165) is 9.87 Å². The summed E-state index contributed by atoms with van der Waals surface area (Å²) in [5, 5.41) is 2.95. The molecule has 7 nitrogen and oxygen atoms in total. The summed E-state index contributed by atoms with van der Waals surface area (Å²) in [6.07, 6.45) is 1.43. The highest BCUT2D eigenvalue weighted by atomic mass is 35.5. The van der Waals surface area contributed by atoms with E-state index in [-0.39, 0.29) is 27.2 Å². The Hall–Kier alpha value is -2.52. The van der Waals surface area contributed by atoms with Crippen molar-refractivity contribution in [1.29, 1.82) is 0 Å². The molecule has 0 bridgehead atoms. The predicted molar refractivity (Wildman–Crippen MR) is 117 cm³/mol. The average Bonchev–Trinajstić information content (AvgIpc) is 3.19. The van der Waals surface area contributed by atoms with Crippen LogP contribution < -0.4 is 11.1 Å². The molecule has 3 N–H and O–H groups in total. The first-order chi connectivity index (χ1) is 14.2. The zero-order valence-electron chi connectivity index (χ0n) is 15.9. The van der Waals surface area contributed by atoms with E-state index in [1.807, 2.05) is 6.92 Å². The molecule has 10 heteroatoms. The topological polar surface area (TPSA) is 106 Å². The van der Waals surface area contributed by atoms with E-state index in [2.05, 4.69) is 5.32 Å². The molecule has 3 rings (SSSR count). The molecule has 0 saturated heterocycles. The number of nitrogens with one attached hydrogen (secondary N) is 1. The maximum Gasteiger partial charge on any atom is 0.243 e. The van der Waals surface area contributed by atoms with Crippen molar-refractivity contribution in [2.45, 2.75) is 18.4 Å². The number of furan rings is 1. The summed E-state index contributed by atoms with van der Waals surface area (Å²) in [4.78, 5) is 12.7. The number of halogens is 2. The summed E-state index contributed by atoms with van der Waals surface area (Å²) in [7, 11) is -3.96. The molecule has 30 heavy (non-hydrogen) atoms. The lowest BCUT2D eigenvalue weighted by molar-refractivity contribution is -0.116. The van der Waals surface area contributed by atoms with E-state index in [1.165, 1.54) is 30.5 Å². The van der Waals surface area contributed by atoms with Crippen LogP contribution in [-0.4, -0.2) is 25.2 Å². The van der Waals surface area contributed by atoms with Crippen molar-refractivity contribution in [3.8, 4) is 0 Å². The molecule has 1 aromatic heterocycles. The number of hydrogen-bond acceptors (Lipinski definition) is 5. The van der Waals surface area contributed by atoms with Crippen molar-refractivity contribution in [2.24, 2.45) is 0 Å². The molecule has 2 aromatic carbocycles. The molecule has 158 valence electrons. The number of rotatable bonds is 7. The standard InChI is InChI=1S/C20H19Cl2N3O4S/c1-13-4-6-16(7-5-13)30(27,28)25(11-15-3-2-8-29-15)12-19(26)24-14-9-17(21)20(23)18(22)10-14/h2-10H,11-12,23H2,1H3,(H,24,26). The molecule has 1 amide bonds. The Bertz CT molecular complexity index is 1120. The lowest BCUT2D eigenvalue weighted by Crippen LogP contribution is -2.37. The van der Waals surface area contributed by atoms with E-state index >= 15 is 0 Å². The van der Waals surface area contributed by atoms with Crippen molar-refractivity contribution in [3.63, 3.8) is 0 Å². The van der Waals surface area contributed by atoms with Crippen LogP contribution in [-0.2, 0) is 21.4 Å². The minimum atomic E-state index is -3.96. The highest BCUT2D eigenvalue weighted by Gasteiger charge is 2.28. The van der Waals surface area contributed by atoms with Gasteiger partial charge in [0, 0.05) is 5.69 Å². The SMILES string of the molecule is Cc1ccc(S(=O)(=O)N(CC(=O)Nc2cc(Cl)c(N)c(Cl)c2)Cc2ccco2)cc1. The van der Waals surface area contributed by atoms with Crippen LogP contribution in [0.2, 0.25) is 10.0 Å². The number of benzene rings is 2. The largest absolute Gasteiger partial charge is 0.468 e. The van der Waals surface area contributed by atoms with Crippen molar-refractivity contribution in [3.05, 3.63) is 76.2 Å². The molecule has 0 saturated carbocycles. The monoisotopic (exact) mass is 467 g/mol. The van der Waals surface area contributed by atoms with Gasteiger partial charge in [0.1, 0.15) is 5.76 Å². The van der Waals surface area contributed by atoms with Gasteiger partial charge in [-0.2, -0.15) is 4.31 Å². The number of nitrogen functional groups attached to an aromatic ring is 1. The van der Waals surface area contributed by atoms with Crippen LogP contribution in [0.15, 0.2) is 64.1 Å². The Morgan fingerprint density at radius 3 is 2.33 bits per heavy atom. The summed E-state index contributed by atoms with van der Waals surface area (Å²) < 4.78 is 32.6. The van der Waals surface area contributed by atoms with Gasteiger partial charge in [0.2, 0.25) is 15.9 Å². The van der Waals surface area contributed by atoms with Gasteiger partial charge >= 0.3 is 0 Å². The smallest absolute Gasteiger partial charge is 0.243 e. The van der Waals surface area contributed by atoms with Crippen molar-refractivity contribution >= 4 is 50.5 Å². The summed E-state index contributed by atoms with van der Waals surface area (Å²) in [6.45, 7) is 1.30. The third kappa shape index (κ3) is 5.14. The first kappa shape index (κ1) is 22.2. The number of carbonyl (C=O) groups excluding carboxylic acids is 1. The minimum absolute atomic E-state index is 0.0750. The van der Waals surface area contributed by atoms with Crippen LogP contribution >= 0.6 is 23.2 Å². The van der Waals surface area contributed by atoms with Crippen molar-refractivity contribution in [2.75, 3.05) is 17.6 Å². The van der Waals surface area contributed by atoms with E-state index in [1.54, 1.807) is 24.3 Å². The van der Waals surface area contributed by atoms with E-state index in [0.29, 0.717) is 11.4 Å². The molecule has 0 radical (unpaired) electrons. The first-order valence-corrected chi connectivity index (χ1v) is 11.0. The first-order valence-electron chi connectivity index (χ1n) is 8.80. The maximum atomic E-state index is 13.2. The summed E-state index contributed by atoms with van der Waals surface area (Å²) in [5.74, 6) is -0.175. The van der Waals surface area contributed by atoms with Crippen molar-refractivity contribution < 1.29 is 17.6 Å². The Kier molecular flexibility index (Phi) is 6.72. The van der Waals surface area contributed by atoms with E-state index < -0.39 is 22.5 Å². The van der Waals surface area contributed by atoms with Gasteiger partial charge in [-0.1, -0.05) is 40.9 Å². The number of nitrogens with zero attached hydrogens (tertiary/aromatic N) is 1. The molecular weight excluding hydrogens is 449 g/mol. The van der Waals surface area contributed by atoms with Crippen LogP contribution in [0, 0.1) is 6.92 Å². The number of hydrogen-bond donors (Lipinski definition) is 2. The molecule has 0 aliphatic heterocycles. The summed E-state index contributed by atoms with van der Waals surface area (Å²) in [5.41, 5.74) is 7.11. The van der Waals surface area contributed by atoms with Gasteiger partial charge < -0.3 is 15.5 Å². The second kappa shape index (κ2) is 9.09. The van der Waals surface area contributed by atoms with E-state index in [4.69, 9.17) is 33.4 Å². The van der Waals surface area contributed by atoms with Gasteiger partial charge in [0.25, 0.3) is 0 Å². The summed E-state index contributed by atoms with van der Waals surface area (Å²) >= 11 is 12.0. The van der Waals surface area contributed by atoms with Gasteiger partial charge in [-0.3, -0.25) is 4.79 Å². The average molecular weight is 468 g/mol. The molecular formula is C20H19Cl2N3O4S. The molecule has 0 spiro atoms. The number of nitrogens with two attached hydrogens (primary N) is 1. The fraction of sp³-hybridized carbons (Fsp3) is 0.150. The molecule has 3 aromatic rings. The highest BCUT2D eigenvalue weighted by Crippen LogP contribution is 2.31. The maximum absolute atomic E-state index is 13.2. The lowest BCUT2D eigenvalue weighted by Gasteiger charge is -2.21. The Balaban J connectivity index is 1.85. The molecule has 0 aliphatic carbocycles. The number of sulfonamides is 1. The van der Waals surface area contributed by atoms with E-state index in [9.17, 15) is 13.2 Å². The molecule has 0 atom stereocenters. The predicted octanol–water partition coefficient (Wildman–Crippen LogP) is 4.31. The third-order valence-electron chi connectivity index (χ3n) is 4.25. The fourth-order valence-electron chi connectivity index (χ4n) is 2.68. The van der Waals surface area contributed by atoms with Crippen molar-refractivity contribution in [1.82, 2.24) is 4.31 Å². The van der Waals surface area contributed by atoms with Gasteiger partial charge in [-0.25, -0.2) is 8.42 Å². The molecule has 0 aliphatic rings. The molecule has 0 fully saturated rings. The second-order valence-electron chi connectivity index (χ2n) is 6.57. The Morgan fingerprint density at radius 1 is 1.13 bits per heavy atom. The van der Waals surface area contributed by atoms with Crippen LogP contribution in [0.1, 0.15) is 11.3 Å². The number of carbonyl (C=O) groups is 1. The number of amides is 1. The Morgan fingerprint density at radius 2 is 1.77 bits per heavy atom. The summed E-state index contributed by atoms with van der Waals surface area (Å²) in [6, 6.07) is 12.5. The molecule has 1 heterocycles. The van der Waals surface area contributed by atoms with Gasteiger partial charge in [-0.05, 0) is 43.3 Å². The zero-order valence-corrected chi connectivity index (χ0v) is 18.3. The van der Waals surface area contributed by atoms with Crippen LogP contribution in [0.25, 0.3) is 0 Å². The molecule has 0 unspecified atom stereocenters. The second-order valence-corrected chi connectivity index (χ2v) is 9.32. The van der Waals surface area contributed by atoms with Gasteiger partial charge in [-0.15, -0.1) is 0 Å². The van der Waals surface area contributed by atoms with Crippen LogP contribution in [0.4, 0.5) is 11.4 Å². The third-order valence-corrected chi connectivity index (χ3v) is 6.69. The zero-order chi connectivity index (χ0) is 21.9. The highest BCUT2D eigenvalue weighted by molar-refractivity contribution is 7.89. The lowest BCUT2D eigenvalue weighted by atomic mass is 10.2. The fourth-order valence-corrected chi connectivity index (χ4v) is 4.53. The van der Waals surface area contributed by atoms with Crippen LogP contribution in [0.3, 0.4) is 0 Å². The quantitative estimate of drug-likeness (QED) is 0.503. The van der Waals surface area contributed by atoms with Gasteiger partial charge in [0.05, 0.1) is 40.0 Å². The Labute approximate surface area is 184 Å². The number of aryl methyl sites for hydroxylation is 1. The number of anilines is 2. The van der Waals surface area contributed by atoms with Gasteiger partial charge in [0.15, 0.2) is 0 Å². The van der Waals surface area contributed by atoms with Crippen LogP contribution in [0.5, 0.6) is 0 Å². The minimum Gasteiger partial charge on any atom is -0.468 e. The normalized spacial score (nSPS) is 11.6.